The van der Waals surface area contributed by atoms with Crippen molar-refractivity contribution in [2.75, 3.05) is 13.2 Å². The van der Waals surface area contributed by atoms with E-state index in [0.29, 0.717) is 25.3 Å². The normalized spacial score (nSPS) is 30.7. The van der Waals surface area contributed by atoms with Gasteiger partial charge >= 0.3 is 0 Å². The van der Waals surface area contributed by atoms with Crippen molar-refractivity contribution >= 4 is 11.8 Å². The summed E-state index contributed by atoms with van der Waals surface area (Å²) in [5.74, 6) is 0.421. The highest BCUT2D eigenvalue weighted by Crippen LogP contribution is 2.22. The molecule has 0 aliphatic carbocycles. The lowest BCUT2D eigenvalue weighted by Crippen LogP contribution is -2.64. The van der Waals surface area contributed by atoms with E-state index >= 15 is 0 Å². The summed E-state index contributed by atoms with van der Waals surface area (Å²) in [6.45, 7) is 7.42. The minimum Gasteiger partial charge on any atom is -0.376 e. The fourth-order valence-electron chi connectivity index (χ4n) is 3.17. The molecule has 2 fully saturated rings. The number of nitrogens with one attached hydrogen (secondary N) is 1. The van der Waals surface area contributed by atoms with Crippen LogP contribution < -0.4 is 5.32 Å². The smallest absolute Gasteiger partial charge is 0.245 e. The second kappa shape index (κ2) is 7.25. The molecule has 21 heavy (non-hydrogen) atoms. The van der Waals surface area contributed by atoms with Crippen LogP contribution in [0.15, 0.2) is 0 Å². The molecule has 5 heteroatoms. The maximum absolute atomic E-state index is 12.6. The van der Waals surface area contributed by atoms with E-state index in [-0.39, 0.29) is 30.0 Å². The molecule has 0 saturated carbocycles. The fraction of sp³-hybridized carbons (Fsp3) is 0.875. The Morgan fingerprint density at radius 3 is 2.67 bits per heavy atom. The van der Waals surface area contributed by atoms with Crippen molar-refractivity contribution in [1.82, 2.24) is 10.2 Å². The average Bonchev–Trinajstić information content (AvgIpc) is 2.47. The molecule has 1 N–H and O–H groups in total. The Hall–Kier alpha value is -1.10. The van der Waals surface area contributed by atoms with Crippen LogP contribution in [0.4, 0.5) is 0 Å². The van der Waals surface area contributed by atoms with Crippen LogP contribution in [0.5, 0.6) is 0 Å². The molecule has 0 aromatic rings. The van der Waals surface area contributed by atoms with Gasteiger partial charge in [-0.25, -0.2) is 0 Å². The Bertz CT molecular complexity index is 378. The summed E-state index contributed by atoms with van der Waals surface area (Å²) in [5.41, 5.74) is 0. The van der Waals surface area contributed by atoms with E-state index in [1.54, 1.807) is 4.90 Å². The van der Waals surface area contributed by atoms with Crippen LogP contribution in [0.1, 0.15) is 52.9 Å². The minimum atomic E-state index is -0.371. The third kappa shape index (κ3) is 3.96. The summed E-state index contributed by atoms with van der Waals surface area (Å²) in [5, 5.41) is 2.87. The summed E-state index contributed by atoms with van der Waals surface area (Å²) in [4.78, 5) is 26.8. The van der Waals surface area contributed by atoms with Gasteiger partial charge in [-0.2, -0.15) is 0 Å². The highest BCUT2D eigenvalue weighted by molar-refractivity contribution is 5.96. The van der Waals surface area contributed by atoms with Gasteiger partial charge in [-0.1, -0.05) is 20.8 Å². The summed E-state index contributed by atoms with van der Waals surface area (Å²) in [6, 6.07) is -0.713. The van der Waals surface area contributed by atoms with Crippen LogP contribution in [0, 0.1) is 5.92 Å². The number of amides is 2. The number of hydrogen-bond donors (Lipinski definition) is 1. The summed E-state index contributed by atoms with van der Waals surface area (Å²) >= 11 is 0. The predicted molar refractivity (Wildman–Crippen MR) is 80.8 cm³/mol. The maximum Gasteiger partial charge on any atom is 0.245 e. The van der Waals surface area contributed by atoms with Crippen LogP contribution in [0.3, 0.4) is 0 Å². The van der Waals surface area contributed by atoms with Gasteiger partial charge in [0.2, 0.25) is 11.8 Å². The number of carbonyl (C=O) groups excluding carboxylic acids is 2. The van der Waals surface area contributed by atoms with Gasteiger partial charge in [0.05, 0.1) is 6.10 Å². The first kappa shape index (κ1) is 16.3. The third-order valence-corrected chi connectivity index (χ3v) is 4.35. The van der Waals surface area contributed by atoms with Crippen molar-refractivity contribution < 1.29 is 14.3 Å². The van der Waals surface area contributed by atoms with E-state index in [4.69, 9.17) is 4.74 Å². The zero-order chi connectivity index (χ0) is 15.4. The standard InChI is InChI=1S/C16H28N2O3/c1-4-13-16(20)18(10-12-7-5-6-8-21-12)14(9-11(2)3)15(19)17-13/h11-14H,4-10H2,1-3H3,(H,17,19). The molecule has 0 radical (unpaired) electrons. The topological polar surface area (TPSA) is 58.6 Å². The van der Waals surface area contributed by atoms with Crippen molar-refractivity contribution in [3.05, 3.63) is 0 Å². The molecule has 2 amide bonds. The Morgan fingerprint density at radius 1 is 1.33 bits per heavy atom. The van der Waals surface area contributed by atoms with Crippen LogP contribution in [0.2, 0.25) is 0 Å². The Balaban J connectivity index is 2.11. The molecule has 3 unspecified atom stereocenters. The lowest BCUT2D eigenvalue weighted by Gasteiger charge is -2.41. The van der Waals surface area contributed by atoms with Crippen molar-refractivity contribution in [3.63, 3.8) is 0 Å². The van der Waals surface area contributed by atoms with E-state index in [1.165, 1.54) is 0 Å². The first-order valence-electron chi connectivity index (χ1n) is 8.25. The molecule has 0 bridgehead atoms. The summed E-state index contributed by atoms with van der Waals surface area (Å²) in [7, 11) is 0. The largest absolute Gasteiger partial charge is 0.376 e. The number of nitrogens with zero attached hydrogens (tertiary/aromatic N) is 1. The monoisotopic (exact) mass is 296 g/mol. The van der Waals surface area contributed by atoms with Crippen molar-refractivity contribution in [1.29, 1.82) is 0 Å². The van der Waals surface area contributed by atoms with E-state index in [0.717, 1.165) is 25.9 Å². The number of ether oxygens (including phenoxy) is 1. The van der Waals surface area contributed by atoms with E-state index in [1.807, 2.05) is 6.92 Å². The van der Waals surface area contributed by atoms with Crippen LogP contribution in [-0.4, -0.2) is 48.1 Å². The number of piperazine rings is 1. The Labute approximate surface area is 127 Å². The van der Waals surface area contributed by atoms with Crippen LogP contribution >= 0.6 is 0 Å². The molecular weight excluding hydrogens is 268 g/mol. The molecule has 2 aliphatic rings. The maximum atomic E-state index is 12.6. The molecule has 2 aliphatic heterocycles. The highest BCUT2D eigenvalue weighted by atomic mass is 16.5. The molecule has 0 spiro atoms. The lowest BCUT2D eigenvalue weighted by molar-refractivity contribution is -0.153. The quantitative estimate of drug-likeness (QED) is 0.840. The second-order valence-corrected chi connectivity index (χ2v) is 6.59. The molecule has 5 nitrogen and oxygen atoms in total. The van der Waals surface area contributed by atoms with Crippen LogP contribution in [0.25, 0.3) is 0 Å². The Morgan fingerprint density at radius 2 is 2.10 bits per heavy atom. The van der Waals surface area contributed by atoms with E-state index in [2.05, 4.69) is 19.2 Å². The van der Waals surface area contributed by atoms with Gasteiger partial charge in [-0.05, 0) is 38.0 Å². The molecular formula is C16H28N2O3. The zero-order valence-electron chi connectivity index (χ0n) is 13.4. The fourth-order valence-corrected chi connectivity index (χ4v) is 3.17. The first-order chi connectivity index (χ1) is 10.0. The van der Waals surface area contributed by atoms with Crippen molar-refractivity contribution in [2.45, 2.75) is 71.1 Å². The van der Waals surface area contributed by atoms with Crippen molar-refractivity contribution in [3.8, 4) is 0 Å². The molecule has 2 saturated heterocycles. The molecule has 0 aromatic heterocycles. The zero-order valence-corrected chi connectivity index (χ0v) is 13.4. The highest BCUT2D eigenvalue weighted by Gasteiger charge is 2.40. The van der Waals surface area contributed by atoms with Gasteiger partial charge in [-0.15, -0.1) is 0 Å². The molecule has 120 valence electrons. The minimum absolute atomic E-state index is 0.00837. The van der Waals surface area contributed by atoms with Gasteiger partial charge in [0.1, 0.15) is 12.1 Å². The van der Waals surface area contributed by atoms with Gasteiger partial charge < -0.3 is 15.0 Å². The van der Waals surface area contributed by atoms with Crippen molar-refractivity contribution in [2.24, 2.45) is 5.92 Å². The summed E-state index contributed by atoms with van der Waals surface area (Å²) in [6.07, 6.45) is 4.65. The molecule has 3 atom stereocenters. The van der Waals surface area contributed by atoms with Gasteiger partial charge in [0.15, 0.2) is 0 Å². The Kier molecular flexibility index (Phi) is 5.62. The predicted octanol–water partition coefficient (Wildman–Crippen LogP) is 1.71. The average molecular weight is 296 g/mol. The summed E-state index contributed by atoms with van der Waals surface area (Å²) < 4.78 is 5.76. The number of rotatable bonds is 5. The molecule has 2 heterocycles. The lowest BCUT2D eigenvalue weighted by atomic mass is 9.96. The molecule has 2 rings (SSSR count). The first-order valence-corrected chi connectivity index (χ1v) is 8.25. The second-order valence-electron chi connectivity index (χ2n) is 6.59. The van der Waals surface area contributed by atoms with E-state index < -0.39 is 0 Å². The van der Waals surface area contributed by atoms with Gasteiger partial charge in [0.25, 0.3) is 0 Å². The number of hydrogen-bond acceptors (Lipinski definition) is 3. The van der Waals surface area contributed by atoms with Gasteiger partial charge in [-0.3, -0.25) is 9.59 Å². The van der Waals surface area contributed by atoms with Gasteiger partial charge in [0, 0.05) is 13.2 Å². The number of carbonyl (C=O) groups is 2. The molecule has 0 aromatic carbocycles. The third-order valence-electron chi connectivity index (χ3n) is 4.35. The van der Waals surface area contributed by atoms with E-state index in [9.17, 15) is 9.59 Å². The van der Waals surface area contributed by atoms with Crippen LogP contribution in [-0.2, 0) is 14.3 Å². The SMILES string of the molecule is CCC1NC(=O)C(CC(C)C)N(CC2CCCCO2)C1=O.